The van der Waals surface area contributed by atoms with E-state index in [2.05, 4.69) is 0 Å². The number of benzene rings is 1. The Morgan fingerprint density at radius 2 is 2.07 bits per heavy atom. The zero-order valence-corrected chi connectivity index (χ0v) is 8.07. The zero-order chi connectivity index (χ0) is 10.6. The van der Waals surface area contributed by atoms with Crippen LogP contribution in [0.25, 0.3) is 0 Å². The van der Waals surface area contributed by atoms with Gasteiger partial charge in [0.25, 0.3) is 0 Å². The lowest BCUT2D eigenvalue weighted by Gasteiger charge is -2.12. The summed E-state index contributed by atoms with van der Waals surface area (Å²) in [6.07, 6.45) is -0.180. The molecule has 0 aliphatic rings. The van der Waals surface area contributed by atoms with Gasteiger partial charge in [-0.25, -0.2) is 0 Å². The second-order valence-electron chi connectivity index (χ2n) is 2.70. The molecule has 0 atom stereocenters. The van der Waals surface area contributed by atoms with Crippen molar-refractivity contribution in [1.82, 2.24) is 0 Å². The fourth-order valence-corrected chi connectivity index (χ4v) is 1.25. The molecule has 0 saturated carbocycles. The summed E-state index contributed by atoms with van der Waals surface area (Å²) in [5.74, 6) is -0.179. The second kappa shape index (κ2) is 4.50. The molecule has 1 rings (SSSR count). The maximum absolute atomic E-state index is 10.4. The summed E-state index contributed by atoms with van der Waals surface area (Å²) >= 11 is 0. The van der Waals surface area contributed by atoms with Crippen molar-refractivity contribution in [3.8, 4) is 11.5 Å². The normalized spacial score (nSPS) is 9.57. The Hall–Kier alpha value is -1.71. The van der Waals surface area contributed by atoms with Crippen LogP contribution < -0.4 is 14.6 Å². The largest absolute Gasteiger partial charge is 0.550 e. The number of carbonyl (C=O) groups excluding carboxylic acids is 1. The number of ether oxygens (including phenoxy) is 2. The molecule has 0 heterocycles. The molecular weight excluding hydrogens is 184 g/mol. The van der Waals surface area contributed by atoms with Gasteiger partial charge in [0.1, 0.15) is 0 Å². The molecule has 0 saturated heterocycles. The molecule has 0 spiro atoms. The molecular formula is C10H11O4-. The Labute approximate surface area is 82.1 Å². The third kappa shape index (κ3) is 2.16. The molecule has 1 aromatic rings. The smallest absolute Gasteiger partial charge is 0.164 e. The number of hydrogen-bond donors (Lipinski definition) is 0. The van der Waals surface area contributed by atoms with Gasteiger partial charge in [0.15, 0.2) is 11.5 Å². The van der Waals surface area contributed by atoms with Gasteiger partial charge in [0, 0.05) is 18.0 Å². The Kier molecular flexibility index (Phi) is 3.34. The lowest BCUT2D eigenvalue weighted by atomic mass is 10.1. The Balaban J connectivity index is 3.08. The van der Waals surface area contributed by atoms with Crippen molar-refractivity contribution in [2.75, 3.05) is 14.2 Å². The van der Waals surface area contributed by atoms with E-state index in [9.17, 15) is 9.90 Å². The van der Waals surface area contributed by atoms with E-state index < -0.39 is 5.97 Å². The van der Waals surface area contributed by atoms with Gasteiger partial charge in [0.05, 0.1) is 14.2 Å². The van der Waals surface area contributed by atoms with Gasteiger partial charge >= 0.3 is 0 Å². The summed E-state index contributed by atoms with van der Waals surface area (Å²) in [6.45, 7) is 0. The van der Waals surface area contributed by atoms with Crippen LogP contribution in [0.1, 0.15) is 5.56 Å². The molecule has 4 heteroatoms. The van der Waals surface area contributed by atoms with E-state index in [0.717, 1.165) is 0 Å². The number of aliphatic carboxylic acids is 1. The van der Waals surface area contributed by atoms with Crippen molar-refractivity contribution in [3.63, 3.8) is 0 Å². The first-order valence-corrected chi connectivity index (χ1v) is 4.08. The summed E-state index contributed by atoms with van der Waals surface area (Å²) in [5, 5.41) is 10.4. The van der Waals surface area contributed by atoms with Crippen LogP contribution in [0.3, 0.4) is 0 Å². The molecule has 0 radical (unpaired) electrons. The van der Waals surface area contributed by atoms with Crippen LogP contribution in [0.15, 0.2) is 18.2 Å². The molecule has 0 aromatic heterocycles. The van der Waals surface area contributed by atoms with E-state index >= 15 is 0 Å². The van der Waals surface area contributed by atoms with Gasteiger partial charge < -0.3 is 19.4 Å². The molecule has 76 valence electrons. The molecule has 4 nitrogen and oxygen atoms in total. The van der Waals surface area contributed by atoms with E-state index in [-0.39, 0.29) is 6.42 Å². The van der Waals surface area contributed by atoms with Crippen LogP contribution in [0.4, 0.5) is 0 Å². The third-order valence-electron chi connectivity index (χ3n) is 1.82. The number of rotatable bonds is 4. The molecule has 0 aliphatic heterocycles. The van der Waals surface area contributed by atoms with Crippen LogP contribution in [-0.2, 0) is 11.2 Å². The standard InChI is InChI=1S/C10H12O4/c1-13-8-5-3-4-7(6-9(11)12)10(8)14-2/h3-5H,6H2,1-2H3,(H,11,12)/p-1. The van der Waals surface area contributed by atoms with Crippen molar-refractivity contribution in [2.45, 2.75) is 6.42 Å². The number of para-hydroxylation sites is 1. The minimum atomic E-state index is -1.14. The second-order valence-corrected chi connectivity index (χ2v) is 2.70. The first kappa shape index (κ1) is 10.4. The number of carboxylic acids is 1. The number of carbonyl (C=O) groups is 1. The molecule has 0 N–H and O–H groups in total. The van der Waals surface area contributed by atoms with Crippen LogP contribution in [0.5, 0.6) is 11.5 Å². The summed E-state index contributed by atoms with van der Waals surface area (Å²) in [7, 11) is 2.97. The summed E-state index contributed by atoms with van der Waals surface area (Å²) in [5.41, 5.74) is 0.548. The van der Waals surface area contributed by atoms with Gasteiger partial charge in [-0.15, -0.1) is 0 Å². The minimum absolute atomic E-state index is 0.180. The van der Waals surface area contributed by atoms with Gasteiger partial charge in [-0.3, -0.25) is 0 Å². The van der Waals surface area contributed by atoms with E-state index in [0.29, 0.717) is 17.1 Å². The monoisotopic (exact) mass is 195 g/mol. The van der Waals surface area contributed by atoms with Crippen molar-refractivity contribution < 1.29 is 19.4 Å². The van der Waals surface area contributed by atoms with Crippen LogP contribution in [-0.4, -0.2) is 20.2 Å². The minimum Gasteiger partial charge on any atom is -0.550 e. The average molecular weight is 195 g/mol. The van der Waals surface area contributed by atoms with Gasteiger partial charge in [0.2, 0.25) is 0 Å². The van der Waals surface area contributed by atoms with Gasteiger partial charge in [-0.1, -0.05) is 12.1 Å². The number of methoxy groups -OCH3 is 2. The molecule has 0 aliphatic carbocycles. The summed E-state index contributed by atoms with van der Waals surface area (Å²) < 4.78 is 10.1. The highest BCUT2D eigenvalue weighted by atomic mass is 16.5. The summed E-state index contributed by atoms with van der Waals surface area (Å²) in [6, 6.07) is 5.08. The topological polar surface area (TPSA) is 58.6 Å². The van der Waals surface area contributed by atoms with E-state index in [4.69, 9.17) is 9.47 Å². The predicted octanol–water partition coefficient (Wildman–Crippen LogP) is -0.00380. The maximum atomic E-state index is 10.4. The number of carboxylic acid groups (broad SMARTS) is 1. The molecule has 0 fully saturated rings. The van der Waals surface area contributed by atoms with Gasteiger partial charge in [-0.05, 0) is 6.07 Å². The highest BCUT2D eigenvalue weighted by Crippen LogP contribution is 2.30. The zero-order valence-electron chi connectivity index (χ0n) is 8.07. The van der Waals surface area contributed by atoms with E-state index in [1.807, 2.05) is 0 Å². The predicted molar refractivity (Wildman–Crippen MR) is 48.3 cm³/mol. The van der Waals surface area contributed by atoms with Crippen molar-refractivity contribution in [3.05, 3.63) is 23.8 Å². The SMILES string of the molecule is COc1cccc(CC(=O)[O-])c1OC. The fraction of sp³-hybridized carbons (Fsp3) is 0.300. The highest BCUT2D eigenvalue weighted by molar-refractivity contribution is 5.70. The Morgan fingerprint density at radius 3 is 2.57 bits per heavy atom. The van der Waals surface area contributed by atoms with E-state index in [1.54, 1.807) is 18.2 Å². The Bertz CT molecular complexity index is 333. The maximum Gasteiger partial charge on any atom is 0.164 e. The lowest BCUT2D eigenvalue weighted by molar-refractivity contribution is -0.304. The van der Waals surface area contributed by atoms with Gasteiger partial charge in [-0.2, -0.15) is 0 Å². The lowest BCUT2D eigenvalue weighted by Crippen LogP contribution is -2.24. The van der Waals surface area contributed by atoms with Crippen molar-refractivity contribution in [2.24, 2.45) is 0 Å². The third-order valence-corrected chi connectivity index (χ3v) is 1.82. The van der Waals surface area contributed by atoms with Crippen LogP contribution in [0.2, 0.25) is 0 Å². The number of hydrogen-bond acceptors (Lipinski definition) is 4. The summed E-state index contributed by atoms with van der Waals surface area (Å²) in [4.78, 5) is 10.4. The quantitative estimate of drug-likeness (QED) is 0.678. The van der Waals surface area contributed by atoms with Crippen LogP contribution >= 0.6 is 0 Å². The molecule has 0 bridgehead atoms. The molecule has 14 heavy (non-hydrogen) atoms. The first-order valence-electron chi connectivity index (χ1n) is 4.08. The fourth-order valence-electron chi connectivity index (χ4n) is 1.25. The van der Waals surface area contributed by atoms with E-state index in [1.165, 1.54) is 14.2 Å². The van der Waals surface area contributed by atoms with Crippen LogP contribution in [0, 0.1) is 0 Å². The molecule has 1 aromatic carbocycles. The molecule has 0 amide bonds. The first-order chi connectivity index (χ1) is 6.69. The van der Waals surface area contributed by atoms with Crippen molar-refractivity contribution in [1.29, 1.82) is 0 Å². The van der Waals surface area contributed by atoms with Crippen molar-refractivity contribution >= 4 is 5.97 Å². The highest BCUT2D eigenvalue weighted by Gasteiger charge is 2.08. The Morgan fingerprint density at radius 1 is 1.36 bits per heavy atom. The average Bonchev–Trinajstić information content (AvgIpc) is 2.16. The molecule has 0 unspecified atom stereocenters.